The zero-order valence-corrected chi connectivity index (χ0v) is 16.0. The van der Waals surface area contributed by atoms with E-state index in [0.29, 0.717) is 30.9 Å². The zero-order chi connectivity index (χ0) is 19.7. The summed E-state index contributed by atoms with van der Waals surface area (Å²) in [4.78, 5) is 25.2. The fourth-order valence-electron chi connectivity index (χ4n) is 4.46. The van der Waals surface area contributed by atoms with E-state index in [0.717, 1.165) is 44.1 Å². The van der Waals surface area contributed by atoms with E-state index in [2.05, 4.69) is 14.9 Å². The van der Waals surface area contributed by atoms with Crippen molar-refractivity contribution in [3.63, 3.8) is 0 Å². The summed E-state index contributed by atoms with van der Waals surface area (Å²) in [6, 6.07) is 4.33. The predicted molar refractivity (Wildman–Crippen MR) is 101 cm³/mol. The molecule has 1 amide bonds. The maximum Gasteiger partial charge on any atom is 0.274 e. The maximum atomic E-state index is 14.0. The number of benzene rings is 1. The minimum Gasteiger partial charge on any atom is -0.337 e. The van der Waals surface area contributed by atoms with Crippen LogP contribution in [0.15, 0.2) is 30.6 Å². The normalized spacial score (nSPS) is 22.8. The molecule has 0 aliphatic carbocycles. The number of hydrogen-bond donors (Lipinski definition) is 0. The Hall–Kier alpha value is -2.41. The first-order valence-electron chi connectivity index (χ1n) is 9.69. The van der Waals surface area contributed by atoms with E-state index in [1.54, 1.807) is 18.3 Å². The van der Waals surface area contributed by atoms with Crippen LogP contribution in [0, 0.1) is 24.0 Å². The molecule has 0 bridgehead atoms. The maximum absolute atomic E-state index is 14.0. The van der Waals surface area contributed by atoms with Crippen LogP contribution in [0.1, 0.15) is 41.0 Å². The molecule has 148 valence electrons. The van der Waals surface area contributed by atoms with Crippen LogP contribution in [0.25, 0.3) is 0 Å². The van der Waals surface area contributed by atoms with E-state index in [9.17, 15) is 13.6 Å². The van der Waals surface area contributed by atoms with E-state index in [1.165, 1.54) is 6.20 Å². The lowest BCUT2D eigenvalue weighted by Gasteiger charge is -2.40. The first kappa shape index (κ1) is 18.9. The molecule has 1 aromatic carbocycles. The lowest BCUT2D eigenvalue weighted by Crippen LogP contribution is -2.45. The van der Waals surface area contributed by atoms with Gasteiger partial charge in [0.1, 0.15) is 5.69 Å². The first-order chi connectivity index (χ1) is 13.5. The van der Waals surface area contributed by atoms with Crippen molar-refractivity contribution < 1.29 is 13.6 Å². The van der Waals surface area contributed by atoms with Crippen LogP contribution in [0.5, 0.6) is 0 Å². The molecule has 2 aliphatic heterocycles. The molecule has 5 nitrogen and oxygen atoms in total. The van der Waals surface area contributed by atoms with Crippen molar-refractivity contribution >= 4 is 5.91 Å². The fraction of sp³-hybridized carbons (Fsp3) is 0.476. The average molecular weight is 386 g/mol. The van der Waals surface area contributed by atoms with Gasteiger partial charge in [-0.15, -0.1) is 0 Å². The summed E-state index contributed by atoms with van der Waals surface area (Å²) in [5.74, 6) is -1.65. The monoisotopic (exact) mass is 386 g/mol. The highest BCUT2D eigenvalue weighted by Crippen LogP contribution is 2.39. The van der Waals surface area contributed by atoms with Crippen molar-refractivity contribution in [1.82, 2.24) is 19.8 Å². The standard InChI is InChI=1S/C21H24F2N4O/c1-15-10-25-18(11-24-15)20(28)27-9-7-21(14-27)6-3-8-26(13-21)12-16-4-2-5-17(22)19(16)23/h2,4-5,10-11H,3,6-9,12-14H2,1H3. The third-order valence-corrected chi connectivity index (χ3v) is 5.89. The highest BCUT2D eigenvalue weighted by molar-refractivity contribution is 5.92. The van der Waals surface area contributed by atoms with Gasteiger partial charge >= 0.3 is 0 Å². The van der Waals surface area contributed by atoms with Gasteiger partial charge in [-0.3, -0.25) is 14.7 Å². The van der Waals surface area contributed by atoms with E-state index < -0.39 is 11.6 Å². The Morgan fingerprint density at radius 2 is 2.00 bits per heavy atom. The second kappa shape index (κ2) is 7.54. The molecule has 4 rings (SSSR count). The first-order valence-corrected chi connectivity index (χ1v) is 9.69. The van der Waals surface area contributed by atoms with Crippen LogP contribution in [0.3, 0.4) is 0 Å². The highest BCUT2D eigenvalue weighted by atomic mass is 19.2. The Morgan fingerprint density at radius 3 is 2.79 bits per heavy atom. The van der Waals surface area contributed by atoms with Gasteiger partial charge in [-0.1, -0.05) is 12.1 Å². The van der Waals surface area contributed by atoms with E-state index in [1.807, 2.05) is 11.8 Å². The molecule has 0 radical (unpaired) electrons. The molecule has 2 fully saturated rings. The van der Waals surface area contributed by atoms with Crippen molar-refractivity contribution in [2.24, 2.45) is 5.41 Å². The molecule has 7 heteroatoms. The van der Waals surface area contributed by atoms with Gasteiger partial charge in [0.2, 0.25) is 0 Å². The minimum absolute atomic E-state index is 0.00976. The quantitative estimate of drug-likeness (QED) is 0.813. The molecule has 2 aromatic rings. The summed E-state index contributed by atoms with van der Waals surface area (Å²) in [5, 5.41) is 0. The Kier molecular flexibility index (Phi) is 5.10. The number of rotatable bonds is 3. The molecular formula is C21H24F2N4O. The van der Waals surface area contributed by atoms with Crippen LogP contribution in [-0.4, -0.2) is 51.9 Å². The SMILES string of the molecule is Cc1cnc(C(=O)N2CCC3(CCCN(Cc4cccc(F)c4F)C3)C2)cn1. The van der Waals surface area contributed by atoms with Crippen LogP contribution in [0.4, 0.5) is 8.78 Å². The lowest BCUT2D eigenvalue weighted by molar-refractivity contribution is 0.0668. The summed E-state index contributed by atoms with van der Waals surface area (Å²) in [6.07, 6.45) is 6.08. The van der Waals surface area contributed by atoms with Crippen molar-refractivity contribution in [1.29, 1.82) is 0 Å². The smallest absolute Gasteiger partial charge is 0.274 e. The summed E-state index contributed by atoms with van der Waals surface area (Å²) >= 11 is 0. The number of nitrogens with zero attached hydrogens (tertiary/aromatic N) is 4. The van der Waals surface area contributed by atoms with Gasteiger partial charge in [-0.2, -0.15) is 0 Å². The Morgan fingerprint density at radius 1 is 1.14 bits per heavy atom. The highest BCUT2D eigenvalue weighted by Gasteiger charge is 2.43. The minimum atomic E-state index is -0.805. The van der Waals surface area contributed by atoms with Gasteiger partial charge < -0.3 is 4.90 Å². The molecule has 1 unspecified atom stereocenters. The summed E-state index contributed by atoms with van der Waals surface area (Å²) in [5.41, 5.74) is 1.55. The van der Waals surface area contributed by atoms with Crippen LogP contribution < -0.4 is 0 Å². The van der Waals surface area contributed by atoms with E-state index >= 15 is 0 Å². The number of amides is 1. The molecule has 28 heavy (non-hydrogen) atoms. The number of carbonyl (C=O) groups excluding carboxylic acids is 1. The number of halogens is 2. The number of aryl methyl sites for hydroxylation is 1. The van der Waals surface area contributed by atoms with Crippen LogP contribution in [-0.2, 0) is 6.54 Å². The molecule has 0 N–H and O–H groups in total. The molecule has 2 aliphatic rings. The van der Waals surface area contributed by atoms with Gasteiger partial charge in [0.15, 0.2) is 11.6 Å². The van der Waals surface area contributed by atoms with E-state index in [4.69, 9.17) is 0 Å². The Balaban J connectivity index is 1.43. The second-order valence-corrected chi connectivity index (χ2v) is 8.05. The van der Waals surface area contributed by atoms with Crippen LogP contribution >= 0.6 is 0 Å². The van der Waals surface area contributed by atoms with Crippen LogP contribution in [0.2, 0.25) is 0 Å². The fourth-order valence-corrected chi connectivity index (χ4v) is 4.46. The van der Waals surface area contributed by atoms with Gasteiger partial charge in [-0.05, 0) is 38.8 Å². The summed E-state index contributed by atoms with van der Waals surface area (Å²) in [6.45, 7) is 5.23. The number of likely N-dealkylation sites (tertiary alicyclic amines) is 2. The molecule has 1 aromatic heterocycles. The van der Waals surface area contributed by atoms with Crippen molar-refractivity contribution in [2.45, 2.75) is 32.7 Å². The largest absolute Gasteiger partial charge is 0.337 e. The number of carbonyl (C=O) groups is 1. The van der Waals surface area contributed by atoms with Gasteiger partial charge in [0, 0.05) is 43.4 Å². The number of hydrogen-bond acceptors (Lipinski definition) is 4. The van der Waals surface area contributed by atoms with Gasteiger partial charge in [-0.25, -0.2) is 13.8 Å². The van der Waals surface area contributed by atoms with Crippen molar-refractivity contribution in [3.05, 3.63) is 59.2 Å². The average Bonchev–Trinajstić information content (AvgIpc) is 3.09. The van der Waals surface area contributed by atoms with E-state index in [-0.39, 0.29) is 11.3 Å². The Labute approximate surface area is 163 Å². The number of aromatic nitrogens is 2. The summed E-state index contributed by atoms with van der Waals surface area (Å²) in [7, 11) is 0. The Bertz CT molecular complexity index is 873. The topological polar surface area (TPSA) is 49.3 Å². The second-order valence-electron chi connectivity index (χ2n) is 8.05. The summed E-state index contributed by atoms with van der Waals surface area (Å²) < 4.78 is 27.5. The molecule has 1 spiro atoms. The molecular weight excluding hydrogens is 362 g/mol. The third-order valence-electron chi connectivity index (χ3n) is 5.89. The van der Waals surface area contributed by atoms with Crippen molar-refractivity contribution in [2.75, 3.05) is 26.2 Å². The lowest BCUT2D eigenvalue weighted by atomic mass is 9.79. The van der Waals surface area contributed by atoms with Gasteiger partial charge in [0.25, 0.3) is 5.91 Å². The molecule has 1 atom stereocenters. The molecule has 0 saturated carbocycles. The molecule has 3 heterocycles. The van der Waals surface area contributed by atoms with Crippen molar-refractivity contribution in [3.8, 4) is 0 Å². The molecule has 2 saturated heterocycles. The predicted octanol–water partition coefficient (Wildman–Crippen LogP) is 3.19. The number of piperidine rings is 1. The third kappa shape index (κ3) is 3.76. The zero-order valence-electron chi connectivity index (χ0n) is 16.0. The van der Waals surface area contributed by atoms with Gasteiger partial charge in [0.05, 0.1) is 11.9 Å².